The van der Waals surface area contributed by atoms with Crippen LogP contribution in [0.3, 0.4) is 0 Å². The fourth-order valence-corrected chi connectivity index (χ4v) is 7.04. The number of nitrogens with two attached hydrogens (primary N) is 1. The molecule has 6 N–H and O–H groups in total. The van der Waals surface area contributed by atoms with Crippen LogP contribution in [0.25, 0.3) is 0 Å². The average Bonchev–Trinajstić information content (AvgIpc) is 3.37. The Labute approximate surface area is 238 Å². The predicted molar refractivity (Wildman–Crippen MR) is 141 cm³/mol. The Morgan fingerprint density at radius 3 is 2.78 bits per heavy atom. The number of thioether (sulfide) groups is 1. The van der Waals surface area contributed by atoms with Gasteiger partial charge in [0.2, 0.25) is 12.1 Å². The highest BCUT2D eigenvalue weighted by Gasteiger charge is 2.61. The molecular formula is C24H34F2N6O8S. The molecule has 6 atom stereocenters. The summed E-state index contributed by atoms with van der Waals surface area (Å²) in [6, 6.07) is 0.961. The van der Waals surface area contributed by atoms with E-state index in [0.29, 0.717) is 11.0 Å². The molecule has 3 saturated heterocycles. The molecule has 4 heterocycles. The van der Waals surface area contributed by atoms with Crippen LogP contribution in [0.4, 0.5) is 24.2 Å². The van der Waals surface area contributed by atoms with Crippen LogP contribution in [-0.2, 0) is 19.0 Å². The summed E-state index contributed by atoms with van der Waals surface area (Å²) >= 11 is 1.81. The minimum atomic E-state index is -3.89. The smallest absolute Gasteiger partial charge is 0.432 e. The van der Waals surface area contributed by atoms with E-state index in [2.05, 4.69) is 20.9 Å². The number of rotatable bonds is 11. The van der Waals surface area contributed by atoms with E-state index in [0.717, 1.165) is 30.9 Å². The molecule has 0 bridgehead atoms. The van der Waals surface area contributed by atoms with Crippen molar-refractivity contribution in [3.8, 4) is 0 Å². The Bertz CT molecular complexity index is 1220. The number of carbonyl (C=O) groups excluding carboxylic acids is 3. The van der Waals surface area contributed by atoms with Crippen molar-refractivity contribution in [2.75, 3.05) is 31.2 Å². The second-order valence-electron chi connectivity index (χ2n) is 10.6. The number of aromatic nitrogens is 2. The second-order valence-corrected chi connectivity index (χ2v) is 11.8. The Morgan fingerprint density at radius 1 is 1.29 bits per heavy atom. The fraction of sp³-hybridized carbons (Fsp3) is 0.708. The number of amides is 3. The number of anilines is 1. The van der Waals surface area contributed by atoms with Crippen LogP contribution in [0.1, 0.15) is 45.8 Å². The largest absolute Gasteiger partial charge is 0.508 e. The van der Waals surface area contributed by atoms with Crippen LogP contribution < -0.4 is 27.4 Å². The minimum absolute atomic E-state index is 0.0102. The number of carbonyl (C=O) groups is 3. The van der Waals surface area contributed by atoms with Gasteiger partial charge in [0.1, 0.15) is 25.1 Å². The number of nitrogen functional groups attached to an aromatic ring is 1. The van der Waals surface area contributed by atoms with Gasteiger partial charge in [0.25, 0.3) is 0 Å². The van der Waals surface area contributed by atoms with Gasteiger partial charge in [0.15, 0.2) is 6.10 Å². The quantitative estimate of drug-likeness (QED) is 0.134. The van der Waals surface area contributed by atoms with Crippen molar-refractivity contribution in [2.24, 2.45) is 0 Å². The van der Waals surface area contributed by atoms with Crippen molar-refractivity contribution in [3.63, 3.8) is 0 Å². The molecule has 0 radical (unpaired) electrons. The number of alkyl halides is 2. The third kappa shape index (κ3) is 6.35. The third-order valence-electron chi connectivity index (χ3n) is 7.74. The van der Waals surface area contributed by atoms with Crippen LogP contribution in [-0.4, -0.2) is 92.7 Å². The standard InChI is InChI=1S/C24H34F2N6O8S/c1-22-12-41-14(23(22,2)31-19(35)30-22)5-3-4-6-16(33)28-8-10-38-21(37)39-11-13-17(34)24(25,26)18(40-13)32-9-7-15(27)29-20(32)36/h7,9,13-14,17-18,34H,3-6,8,10-12H2,1-2H3,(H,28,33)(H2,27,29,36)(H2,30,31,35)/t13-,14?,17?,18-,22-,23+/m1/s1. The lowest BCUT2D eigenvalue weighted by Gasteiger charge is -2.35. The molecule has 3 aliphatic heterocycles. The number of aliphatic hydroxyl groups is 1. The number of halogens is 2. The van der Waals surface area contributed by atoms with Crippen LogP contribution in [0.15, 0.2) is 17.1 Å². The monoisotopic (exact) mass is 604 g/mol. The summed E-state index contributed by atoms with van der Waals surface area (Å²) in [5, 5.41) is 18.9. The lowest BCUT2D eigenvalue weighted by atomic mass is 9.79. The van der Waals surface area contributed by atoms with E-state index in [-0.39, 0.29) is 53.7 Å². The van der Waals surface area contributed by atoms with Crippen molar-refractivity contribution < 1.29 is 42.5 Å². The summed E-state index contributed by atoms with van der Waals surface area (Å²) < 4.78 is 44.2. The van der Waals surface area contributed by atoms with Crippen molar-refractivity contribution in [2.45, 2.75) is 80.2 Å². The highest BCUT2D eigenvalue weighted by Crippen LogP contribution is 2.47. The summed E-state index contributed by atoms with van der Waals surface area (Å²) in [4.78, 5) is 51.0. The first-order valence-electron chi connectivity index (χ1n) is 13.1. The topological polar surface area (TPSA) is 196 Å². The molecule has 41 heavy (non-hydrogen) atoms. The van der Waals surface area contributed by atoms with E-state index in [4.69, 9.17) is 19.9 Å². The van der Waals surface area contributed by atoms with Crippen LogP contribution >= 0.6 is 11.8 Å². The van der Waals surface area contributed by atoms with Crippen molar-refractivity contribution in [1.29, 1.82) is 0 Å². The first kappa shape index (κ1) is 30.8. The number of nitrogens with zero attached hydrogens (tertiary/aromatic N) is 2. The maximum atomic E-state index is 14.5. The molecule has 0 spiro atoms. The van der Waals surface area contributed by atoms with Gasteiger partial charge >= 0.3 is 23.8 Å². The summed E-state index contributed by atoms with van der Waals surface area (Å²) in [6.07, 6.45) is -3.89. The molecule has 3 aliphatic rings. The predicted octanol–water partition coefficient (Wildman–Crippen LogP) is 0.495. The lowest BCUT2D eigenvalue weighted by Crippen LogP contribution is -2.58. The summed E-state index contributed by atoms with van der Waals surface area (Å²) in [6.45, 7) is 3.09. The number of hydrogen-bond acceptors (Lipinski definition) is 11. The lowest BCUT2D eigenvalue weighted by molar-refractivity contribution is -0.141. The molecule has 3 fully saturated rings. The van der Waals surface area contributed by atoms with Gasteiger partial charge in [-0.15, -0.1) is 0 Å². The molecule has 0 saturated carbocycles. The number of hydrogen-bond donors (Lipinski definition) is 5. The zero-order valence-electron chi connectivity index (χ0n) is 22.6. The van der Waals surface area contributed by atoms with Gasteiger partial charge in [-0.3, -0.25) is 9.36 Å². The van der Waals surface area contributed by atoms with Gasteiger partial charge in [0.05, 0.1) is 17.6 Å². The number of ether oxygens (including phenoxy) is 3. The van der Waals surface area contributed by atoms with Crippen molar-refractivity contribution in [3.05, 3.63) is 22.7 Å². The molecule has 17 heteroatoms. The SMILES string of the molecule is C[C@@]12CSC(CCCCC(=O)NCCOC(=O)OC[C@H]3O[C@@H](n4ccc(N)nc4=O)C(F)(F)C3O)[C@]1(C)NC(=O)N2. The van der Waals surface area contributed by atoms with Crippen molar-refractivity contribution >= 4 is 35.7 Å². The number of nitrogens with one attached hydrogen (secondary N) is 3. The average molecular weight is 605 g/mol. The summed E-state index contributed by atoms with van der Waals surface area (Å²) in [7, 11) is 0. The first-order chi connectivity index (χ1) is 19.3. The Hall–Kier alpha value is -3.18. The molecule has 14 nitrogen and oxygen atoms in total. The van der Waals surface area contributed by atoms with Gasteiger partial charge in [-0.2, -0.15) is 25.5 Å². The maximum Gasteiger partial charge on any atom is 0.508 e. The van der Waals surface area contributed by atoms with Gasteiger partial charge < -0.3 is 41.0 Å². The number of unbranched alkanes of at least 4 members (excludes halogenated alkanes) is 1. The van der Waals surface area contributed by atoms with E-state index >= 15 is 0 Å². The summed E-state index contributed by atoms with van der Waals surface area (Å²) in [5.74, 6) is -3.47. The maximum absolute atomic E-state index is 14.5. The van der Waals surface area contributed by atoms with E-state index in [9.17, 15) is 33.1 Å². The number of fused-ring (bicyclic) bond motifs is 1. The Morgan fingerprint density at radius 2 is 2.05 bits per heavy atom. The van der Waals surface area contributed by atoms with Gasteiger partial charge in [-0.05, 0) is 32.8 Å². The molecule has 0 aliphatic carbocycles. The molecule has 2 unspecified atom stereocenters. The molecule has 0 aromatic carbocycles. The van der Waals surface area contributed by atoms with Gasteiger partial charge in [-0.1, -0.05) is 6.42 Å². The van der Waals surface area contributed by atoms with E-state index < -0.39 is 42.8 Å². The number of aliphatic hydroxyl groups excluding tert-OH is 1. The molecule has 1 aromatic rings. The van der Waals surface area contributed by atoms with Crippen LogP contribution in [0, 0.1) is 0 Å². The number of urea groups is 1. The third-order valence-corrected chi connectivity index (χ3v) is 9.59. The zero-order valence-corrected chi connectivity index (χ0v) is 23.4. The second kappa shape index (κ2) is 12.0. The van der Waals surface area contributed by atoms with Gasteiger partial charge in [-0.25, -0.2) is 14.4 Å². The Balaban J connectivity index is 1.10. The van der Waals surface area contributed by atoms with E-state index in [1.54, 1.807) is 0 Å². The highest BCUT2D eigenvalue weighted by molar-refractivity contribution is 8.00. The fourth-order valence-electron chi connectivity index (χ4n) is 5.14. The van der Waals surface area contributed by atoms with Crippen molar-refractivity contribution in [1.82, 2.24) is 25.5 Å². The van der Waals surface area contributed by atoms with Crippen LogP contribution in [0.5, 0.6) is 0 Å². The zero-order chi connectivity index (χ0) is 30.0. The van der Waals surface area contributed by atoms with E-state index in [1.807, 2.05) is 25.6 Å². The molecule has 228 valence electrons. The Kier molecular flexibility index (Phi) is 8.98. The molecular weight excluding hydrogens is 570 g/mol. The molecule has 3 amide bonds. The highest BCUT2D eigenvalue weighted by atomic mass is 32.2. The molecule has 4 rings (SSSR count). The normalized spacial score (nSPS) is 31.7. The minimum Gasteiger partial charge on any atom is -0.432 e. The van der Waals surface area contributed by atoms with Gasteiger partial charge in [0, 0.05) is 23.6 Å². The summed E-state index contributed by atoms with van der Waals surface area (Å²) in [5.41, 5.74) is 3.61. The first-order valence-corrected chi connectivity index (χ1v) is 14.2. The van der Waals surface area contributed by atoms with E-state index in [1.165, 1.54) is 0 Å². The van der Waals surface area contributed by atoms with Crippen LogP contribution in [0.2, 0.25) is 0 Å². The molecule has 1 aromatic heterocycles.